The van der Waals surface area contributed by atoms with Crippen LogP contribution in [0.3, 0.4) is 0 Å². The summed E-state index contributed by atoms with van der Waals surface area (Å²) >= 11 is 9.29. The van der Waals surface area contributed by atoms with E-state index in [1.165, 1.54) is 24.3 Å². The van der Waals surface area contributed by atoms with Crippen LogP contribution in [0.4, 0.5) is 5.69 Å². The molecule has 26 heavy (non-hydrogen) atoms. The van der Waals surface area contributed by atoms with Crippen LogP contribution >= 0.6 is 27.5 Å². The number of rotatable bonds is 4. The van der Waals surface area contributed by atoms with Crippen LogP contribution in [-0.2, 0) is 10.0 Å². The minimum atomic E-state index is -3.92. The quantitative estimate of drug-likeness (QED) is 0.431. The molecule has 0 saturated carbocycles. The molecular weight excluding hydrogens is 436 g/mol. The number of anilines is 1. The van der Waals surface area contributed by atoms with Crippen molar-refractivity contribution in [1.82, 2.24) is 0 Å². The van der Waals surface area contributed by atoms with Gasteiger partial charge in [-0.1, -0.05) is 63.9 Å². The molecule has 3 aromatic carbocycles. The van der Waals surface area contributed by atoms with Gasteiger partial charge in [-0.15, -0.1) is 4.40 Å². The molecule has 7 heteroatoms. The second kappa shape index (κ2) is 8.03. The lowest BCUT2D eigenvalue weighted by Crippen LogP contribution is -2.17. The fourth-order valence-corrected chi connectivity index (χ4v) is 3.80. The molecule has 132 valence electrons. The zero-order valence-electron chi connectivity index (χ0n) is 13.4. The number of nitrogens with zero attached hydrogens (tertiary/aromatic N) is 1. The molecule has 0 fully saturated rings. The summed E-state index contributed by atoms with van der Waals surface area (Å²) in [6, 6.07) is 22.4. The number of benzene rings is 3. The van der Waals surface area contributed by atoms with Crippen molar-refractivity contribution in [2.45, 2.75) is 4.90 Å². The minimum absolute atomic E-state index is 0.0707. The highest BCUT2D eigenvalue weighted by molar-refractivity contribution is 9.10. The lowest BCUT2D eigenvalue weighted by atomic mass is 10.2. The van der Waals surface area contributed by atoms with E-state index < -0.39 is 10.0 Å². The van der Waals surface area contributed by atoms with E-state index >= 15 is 0 Å². The zero-order chi connectivity index (χ0) is 18.6. The number of halogens is 2. The van der Waals surface area contributed by atoms with Gasteiger partial charge in [0.25, 0.3) is 10.0 Å². The molecule has 4 nitrogen and oxygen atoms in total. The molecule has 3 aromatic rings. The first kappa shape index (κ1) is 18.6. The van der Waals surface area contributed by atoms with Crippen LogP contribution < -0.4 is 5.32 Å². The van der Waals surface area contributed by atoms with E-state index in [0.717, 1.165) is 10.2 Å². The molecule has 0 radical (unpaired) electrons. The lowest BCUT2D eigenvalue weighted by Gasteiger charge is -2.12. The zero-order valence-corrected chi connectivity index (χ0v) is 16.6. The summed E-state index contributed by atoms with van der Waals surface area (Å²) in [6.07, 6.45) is 0. The summed E-state index contributed by atoms with van der Waals surface area (Å²) in [5.74, 6) is 0.221. The van der Waals surface area contributed by atoms with Gasteiger partial charge in [0.2, 0.25) is 0 Å². The van der Waals surface area contributed by atoms with E-state index in [1.54, 1.807) is 6.07 Å². The predicted octanol–water partition coefficient (Wildman–Crippen LogP) is 5.35. The third-order valence-corrected chi connectivity index (χ3v) is 5.72. The van der Waals surface area contributed by atoms with Gasteiger partial charge in [-0.2, -0.15) is 8.42 Å². The van der Waals surface area contributed by atoms with Crippen LogP contribution in [0.1, 0.15) is 5.56 Å². The molecule has 3 rings (SSSR count). The molecule has 0 aromatic heterocycles. The van der Waals surface area contributed by atoms with Crippen molar-refractivity contribution in [3.05, 3.63) is 93.9 Å². The van der Waals surface area contributed by atoms with Crippen LogP contribution in [0.5, 0.6) is 0 Å². The van der Waals surface area contributed by atoms with E-state index in [9.17, 15) is 8.42 Å². The first-order valence-electron chi connectivity index (χ1n) is 7.63. The predicted molar refractivity (Wildman–Crippen MR) is 109 cm³/mol. The van der Waals surface area contributed by atoms with Gasteiger partial charge >= 0.3 is 0 Å². The van der Waals surface area contributed by atoms with Crippen molar-refractivity contribution in [3.8, 4) is 0 Å². The van der Waals surface area contributed by atoms with Gasteiger partial charge in [-0.25, -0.2) is 0 Å². The summed E-state index contributed by atoms with van der Waals surface area (Å²) in [6.45, 7) is 0. The van der Waals surface area contributed by atoms with Crippen molar-refractivity contribution >= 4 is 49.1 Å². The van der Waals surface area contributed by atoms with Crippen LogP contribution in [0.25, 0.3) is 0 Å². The highest BCUT2D eigenvalue weighted by Gasteiger charge is 2.17. The Hall–Kier alpha value is -2.15. The van der Waals surface area contributed by atoms with Crippen LogP contribution in [-0.4, -0.2) is 14.3 Å². The molecule has 0 bridgehead atoms. The van der Waals surface area contributed by atoms with Gasteiger partial charge in [0.1, 0.15) is 0 Å². The Morgan fingerprint density at radius 2 is 1.50 bits per heavy atom. The standard InChI is InChI=1S/C19H14BrClN2O2S/c20-18-9-5-4-8-17(18)19(22-15-6-2-1-3-7-15)23-26(24,25)16-12-10-14(21)11-13-16/h1-13H,(H,22,23). The highest BCUT2D eigenvalue weighted by atomic mass is 79.9. The number of para-hydroxylation sites is 1. The second-order valence-electron chi connectivity index (χ2n) is 5.34. The monoisotopic (exact) mass is 448 g/mol. The van der Waals surface area contributed by atoms with E-state index in [4.69, 9.17) is 11.6 Å². The maximum absolute atomic E-state index is 12.7. The first-order chi connectivity index (χ1) is 12.5. The van der Waals surface area contributed by atoms with Crippen LogP contribution in [0.15, 0.2) is 92.6 Å². The minimum Gasteiger partial charge on any atom is -0.339 e. The second-order valence-corrected chi connectivity index (χ2v) is 8.23. The fraction of sp³-hybridized carbons (Fsp3) is 0. The topological polar surface area (TPSA) is 58.5 Å². The Morgan fingerprint density at radius 3 is 2.15 bits per heavy atom. The highest BCUT2D eigenvalue weighted by Crippen LogP contribution is 2.22. The number of sulfonamides is 1. The van der Waals surface area contributed by atoms with Crippen molar-refractivity contribution in [2.24, 2.45) is 4.40 Å². The maximum atomic E-state index is 12.7. The molecular formula is C19H14BrClN2O2S. The van der Waals surface area contributed by atoms with E-state index in [0.29, 0.717) is 10.6 Å². The molecule has 0 atom stereocenters. The average molecular weight is 450 g/mol. The average Bonchev–Trinajstić information content (AvgIpc) is 2.63. The first-order valence-corrected chi connectivity index (χ1v) is 10.2. The summed E-state index contributed by atoms with van der Waals surface area (Å²) in [5, 5.41) is 3.55. The molecule has 0 aliphatic heterocycles. The SMILES string of the molecule is O=S(=O)(N=C(Nc1ccccc1)c1ccccc1Br)c1ccc(Cl)cc1. The Balaban J connectivity index is 2.09. The smallest absolute Gasteiger partial charge is 0.284 e. The molecule has 0 aliphatic rings. The van der Waals surface area contributed by atoms with Gasteiger partial charge in [0, 0.05) is 20.7 Å². The van der Waals surface area contributed by atoms with Gasteiger partial charge in [0.05, 0.1) is 4.90 Å². The molecule has 0 unspecified atom stereocenters. The number of nitrogens with one attached hydrogen (secondary N) is 1. The third kappa shape index (κ3) is 4.52. The molecule has 0 spiro atoms. The molecule has 0 heterocycles. The number of amidine groups is 1. The summed E-state index contributed by atoms with van der Waals surface area (Å²) in [7, 11) is -3.92. The normalized spacial score (nSPS) is 12.0. The van der Waals surface area contributed by atoms with Crippen molar-refractivity contribution in [1.29, 1.82) is 0 Å². The maximum Gasteiger partial charge on any atom is 0.284 e. The van der Waals surface area contributed by atoms with E-state index in [2.05, 4.69) is 25.6 Å². The number of hydrogen-bond donors (Lipinski definition) is 1. The molecule has 0 aliphatic carbocycles. The summed E-state index contributed by atoms with van der Waals surface area (Å²) < 4.78 is 30.3. The van der Waals surface area contributed by atoms with Crippen LogP contribution in [0, 0.1) is 0 Å². The van der Waals surface area contributed by atoms with Crippen molar-refractivity contribution in [3.63, 3.8) is 0 Å². The van der Waals surface area contributed by atoms with Crippen molar-refractivity contribution < 1.29 is 8.42 Å². The Bertz CT molecular complexity index is 1040. The van der Waals surface area contributed by atoms with Crippen LogP contribution in [0.2, 0.25) is 5.02 Å². The van der Waals surface area contributed by atoms with Crippen molar-refractivity contribution in [2.75, 3.05) is 5.32 Å². The van der Waals surface area contributed by atoms with E-state index in [1.807, 2.05) is 48.5 Å². The summed E-state index contributed by atoms with van der Waals surface area (Å²) in [4.78, 5) is 0.0707. The molecule has 0 saturated heterocycles. The Labute approximate surface area is 165 Å². The molecule has 0 amide bonds. The largest absolute Gasteiger partial charge is 0.339 e. The van der Waals surface area contributed by atoms with Gasteiger partial charge in [0.15, 0.2) is 5.84 Å². The van der Waals surface area contributed by atoms with Gasteiger partial charge in [-0.05, 0) is 42.5 Å². The number of hydrogen-bond acceptors (Lipinski definition) is 2. The fourth-order valence-electron chi connectivity index (χ4n) is 2.23. The van der Waals surface area contributed by atoms with Gasteiger partial charge in [-0.3, -0.25) is 0 Å². The Kier molecular flexibility index (Phi) is 5.76. The lowest BCUT2D eigenvalue weighted by molar-refractivity contribution is 0.598. The van der Waals surface area contributed by atoms with Gasteiger partial charge < -0.3 is 5.32 Å². The van der Waals surface area contributed by atoms with E-state index in [-0.39, 0.29) is 10.7 Å². The third-order valence-electron chi connectivity index (χ3n) is 3.49. The molecule has 1 N–H and O–H groups in total. The summed E-state index contributed by atoms with van der Waals surface area (Å²) in [5.41, 5.74) is 1.36. The Morgan fingerprint density at radius 1 is 0.885 bits per heavy atom.